The van der Waals surface area contributed by atoms with Crippen molar-refractivity contribution in [1.82, 2.24) is 0 Å². The molecule has 0 saturated heterocycles. The summed E-state index contributed by atoms with van der Waals surface area (Å²) in [7, 11) is -1.34. The van der Waals surface area contributed by atoms with Crippen LogP contribution in [-0.4, -0.2) is 17.2 Å². The van der Waals surface area contributed by atoms with Gasteiger partial charge in [0.05, 0.1) is 0 Å². The van der Waals surface area contributed by atoms with Crippen molar-refractivity contribution >= 4 is 34.1 Å². The summed E-state index contributed by atoms with van der Waals surface area (Å²) in [4.78, 5) is 0. The molecule has 0 spiro atoms. The molecule has 0 unspecified atom stereocenters. The molecule has 0 amide bonds. The van der Waals surface area contributed by atoms with Gasteiger partial charge < -0.3 is 10.0 Å². The second-order valence-electron chi connectivity index (χ2n) is 4.61. The van der Waals surface area contributed by atoms with Crippen LogP contribution in [0.1, 0.15) is 47.1 Å². The van der Waals surface area contributed by atoms with E-state index in [0.717, 1.165) is 10.1 Å². The third-order valence-corrected chi connectivity index (χ3v) is 2.36. The molecule has 4 heteroatoms. The lowest BCUT2D eigenvalue weighted by molar-refractivity contribution is 0.426. The number of hydrogen-bond donors (Lipinski definition) is 2. The van der Waals surface area contributed by atoms with Crippen molar-refractivity contribution in [3.63, 3.8) is 0 Å². The smallest absolute Gasteiger partial charge is 0.423 e. The van der Waals surface area contributed by atoms with Crippen LogP contribution in [0.4, 0.5) is 0 Å². The zero-order valence-corrected chi connectivity index (χ0v) is 18.6. The minimum absolute atomic E-state index is 0.525. The van der Waals surface area contributed by atoms with E-state index in [4.69, 9.17) is 10.0 Å². The normalized spacial score (nSPS) is 7.73. The molecular formula is C22H34BBrO2. The fourth-order valence-corrected chi connectivity index (χ4v) is 1.35. The van der Waals surface area contributed by atoms with E-state index in [9.17, 15) is 0 Å². The molecule has 2 aromatic carbocycles. The summed E-state index contributed by atoms with van der Waals surface area (Å²) < 4.78 is 0.979. The largest absolute Gasteiger partial charge is 0.488 e. The Kier molecular flexibility index (Phi) is 24.0. The van der Waals surface area contributed by atoms with Crippen molar-refractivity contribution in [3.05, 3.63) is 83.9 Å². The topological polar surface area (TPSA) is 40.5 Å². The lowest BCUT2D eigenvalue weighted by atomic mass is 9.81. The molecule has 0 atom stereocenters. The number of rotatable bonds is 2. The van der Waals surface area contributed by atoms with Gasteiger partial charge in [0.25, 0.3) is 0 Å². The Bertz CT molecular complexity index is 551. The minimum atomic E-state index is -1.34. The fraction of sp³-hybridized carbons (Fsp3) is 0.273. The zero-order chi connectivity index (χ0) is 21.0. The van der Waals surface area contributed by atoms with Gasteiger partial charge in [-0.25, -0.2) is 0 Å². The molecule has 0 bridgehead atoms. The van der Waals surface area contributed by atoms with Crippen LogP contribution in [0.15, 0.2) is 78.3 Å². The van der Waals surface area contributed by atoms with Crippen LogP contribution < -0.4 is 5.46 Å². The molecule has 0 aliphatic heterocycles. The maximum atomic E-state index is 8.58. The van der Waals surface area contributed by atoms with Gasteiger partial charge in [0.2, 0.25) is 0 Å². The number of halogens is 1. The van der Waals surface area contributed by atoms with Gasteiger partial charge in [-0.15, -0.1) is 0 Å². The number of hydrogen-bond acceptors (Lipinski definition) is 2. The molecule has 0 heterocycles. The van der Waals surface area contributed by atoms with Gasteiger partial charge in [0.15, 0.2) is 0 Å². The Hall–Kier alpha value is -1.62. The average molecular weight is 421 g/mol. The highest BCUT2D eigenvalue weighted by Crippen LogP contribution is 2.08. The summed E-state index contributed by atoms with van der Waals surface area (Å²) in [6.07, 6.45) is 0. The number of benzene rings is 2. The molecular weight excluding hydrogens is 387 g/mol. The van der Waals surface area contributed by atoms with E-state index < -0.39 is 7.12 Å². The molecule has 2 N–H and O–H groups in total. The van der Waals surface area contributed by atoms with E-state index in [-0.39, 0.29) is 0 Å². The number of allylic oxidation sites excluding steroid dienone is 2. The van der Waals surface area contributed by atoms with Gasteiger partial charge in [-0.1, -0.05) is 123 Å². The highest BCUT2D eigenvalue weighted by Gasteiger charge is 2.07. The molecule has 26 heavy (non-hydrogen) atoms. The monoisotopic (exact) mass is 420 g/mol. The van der Waals surface area contributed by atoms with E-state index in [0.29, 0.717) is 5.46 Å². The fourth-order valence-electron chi connectivity index (χ4n) is 1.35. The molecule has 0 radical (unpaired) electrons. The Morgan fingerprint density at radius 3 is 1.27 bits per heavy atom. The Balaban J connectivity index is -0.000000294. The van der Waals surface area contributed by atoms with Gasteiger partial charge in [-0.2, -0.15) is 0 Å². The maximum Gasteiger partial charge on any atom is 0.488 e. The van der Waals surface area contributed by atoms with Crippen molar-refractivity contribution in [2.24, 2.45) is 0 Å². The van der Waals surface area contributed by atoms with Crippen LogP contribution in [0.5, 0.6) is 0 Å². The molecule has 0 aliphatic rings. The molecule has 2 aromatic rings. The highest BCUT2D eigenvalue weighted by atomic mass is 79.9. The van der Waals surface area contributed by atoms with E-state index >= 15 is 0 Å². The third-order valence-electron chi connectivity index (χ3n) is 2.36. The molecule has 2 nitrogen and oxygen atoms in total. The van der Waals surface area contributed by atoms with Crippen molar-refractivity contribution in [1.29, 1.82) is 0 Å². The molecule has 0 aliphatic carbocycles. The molecule has 2 rings (SSSR count). The van der Waals surface area contributed by atoms with E-state index in [2.05, 4.69) is 41.2 Å². The van der Waals surface area contributed by atoms with E-state index in [1.807, 2.05) is 65.8 Å². The summed E-state index contributed by atoms with van der Waals surface area (Å²) >= 11 is 3.08. The lowest BCUT2D eigenvalue weighted by Gasteiger charge is -1.94. The Morgan fingerprint density at radius 2 is 1.08 bits per heavy atom. The van der Waals surface area contributed by atoms with Crippen LogP contribution in [0.25, 0.3) is 5.57 Å². The van der Waals surface area contributed by atoms with E-state index in [1.165, 1.54) is 5.56 Å². The first-order chi connectivity index (χ1) is 12.3. The summed E-state index contributed by atoms with van der Waals surface area (Å²) in [5, 5.41) is 17.2. The Morgan fingerprint density at radius 1 is 0.769 bits per heavy atom. The van der Waals surface area contributed by atoms with Crippen molar-refractivity contribution in [3.8, 4) is 0 Å². The van der Waals surface area contributed by atoms with Crippen LogP contribution in [-0.2, 0) is 0 Å². The van der Waals surface area contributed by atoms with Gasteiger partial charge in [-0.05, 0) is 29.4 Å². The second kappa shape index (κ2) is 21.4. The molecule has 0 fully saturated rings. The standard InChI is InChI=1S/C9H10.C6H7BO2.C3H5Br.2C2H6/c1-8(2)9-6-4-3-5-7-9;8-7(9)6-4-2-1-3-5-6;1-3(2)4;2*1-2/h3-7H,1H2,2H3;1-5,8-9H;1H2,2H3;2*1-2H3. The first-order valence-electron chi connectivity index (χ1n) is 8.77. The first kappa shape index (κ1) is 29.2. The predicted octanol–water partition coefficient (Wildman–Crippen LogP) is 6.05. The molecule has 0 saturated carbocycles. The zero-order valence-electron chi connectivity index (χ0n) is 17.0. The lowest BCUT2D eigenvalue weighted by Crippen LogP contribution is -2.29. The van der Waals surface area contributed by atoms with Crippen molar-refractivity contribution < 1.29 is 10.0 Å². The molecule has 144 valence electrons. The van der Waals surface area contributed by atoms with Gasteiger partial charge in [0, 0.05) is 0 Å². The average Bonchev–Trinajstić information content (AvgIpc) is 2.66. The summed E-state index contributed by atoms with van der Waals surface area (Å²) in [5.41, 5.74) is 2.87. The van der Waals surface area contributed by atoms with Crippen LogP contribution in [0.2, 0.25) is 0 Å². The quantitative estimate of drug-likeness (QED) is 0.580. The van der Waals surface area contributed by atoms with Crippen LogP contribution in [0.3, 0.4) is 0 Å². The minimum Gasteiger partial charge on any atom is -0.423 e. The third kappa shape index (κ3) is 20.4. The van der Waals surface area contributed by atoms with Crippen LogP contribution >= 0.6 is 15.9 Å². The van der Waals surface area contributed by atoms with Gasteiger partial charge in [0.1, 0.15) is 0 Å². The maximum absolute atomic E-state index is 8.58. The summed E-state index contributed by atoms with van der Waals surface area (Å²) in [6.45, 7) is 19.2. The van der Waals surface area contributed by atoms with Crippen molar-refractivity contribution in [2.75, 3.05) is 0 Å². The van der Waals surface area contributed by atoms with Crippen LogP contribution in [0, 0.1) is 0 Å². The van der Waals surface area contributed by atoms with Gasteiger partial charge in [-0.3, -0.25) is 0 Å². The van der Waals surface area contributed by atoms with Gasteiger partial charge >= 0.3 is 7.12 Å². The highest BCUT2D eigenvalue weighted by molar-refractivity contribution is 9.11. The van der Waals surface area contributed by atoms with Crippen molar-refractivity contribution in [2.45, 2.75) is 41.5 Å². The molecule has 0 aromatic heterocycles. The predicted molar refractivity (Wildman–Crippen MR) is 124 cm³/mol. The van der Waals surface area contributed by atoms with E-state index in [1.54, 1.807) is 24.3 Å². The first-order valence-corrected chi connectivity index (χ1v) is 9.57. The second-order valence-corrected chi connectivity index (χ2v) is 5.96. The summed E-state index contributed by atoms with van der Waals surface area (Å²) in [5.74, 6) is 0. The summed E-state index contributed by atoms with van der Waals surface area (Å²) in [6, 6.07) is 18.8. The Labute approximate surface area is 169 Å². The SMILES string of the molecule is C=C(C)Br.C=C(C)c1ccccc1.CC.CC.OB(O)c1ccccc1.